The van der Waals surface area contributed by atoms with Gasteiger partial charge >= 0.3 is 0 Å². The molecule has 12 heteroatoms. The van der Waals surface area contributed by atoms with Crippen LogP contribution in [0.1, 0.15) is 16.6 Å². The van der Waals surface area contributed by atoms with E-state index in [0.717, 1.165) is 6.33 Å². The molecule has 0 bridgehead atoms. The molecule has 0 saturated carbocycles. The number of halogens is 1. The molecule has 0 spiro atoms. The van der Waals surface area contributed by atoms with Gasteiger partial charge in [0.05, 0.1) is 17.6 Å². The van der Waals surface area contributed by atoms with Gasteiger partial charge in [-0.25, -0.2) is 15.4 Å². The average molecular weight is 362 g/mol. The van der Waals surface area contributed by atoms with Crippen LogP contribution in [0.15, 0.2) is 12.5 Å². The molecular weight excluding hydrogens is 346 g/mol. The normalized spacial score (nSPS) is 26.3. The van der Waals surface area contributed by atoms with Crippen LogP contribution in [0.3, 0.4) is 0 Å². The Balaban J connectivity index is 0.00000208. The zero-order chi connectivity index (χ0) is 16.7. The van der Waals surface area contributed by atoms with Crippen LogP contribution < -0.4 is 11.2 Å². The van der Waals surface area contributed by atoms with E-state index in [9.17, 15) is 15.0 Å². The molecule has 1 aliphatic rings. The summed E-state index contributed by atoms with van der Waals surface area (Å²) < 4.78 is 6.71. The number of aromatic nitrogens is 3. The smallest absolute Gasteiger partial charge is 0.277 e. The van der Waals surface area contributed by atoms with Crippen LogP contribution in [0, 0.1) is 0 Å². The minimum Gasteiger partial charge on any atom is -0.394 e. The van der Waals surface area contributed by atoms with Crippen molar-refractivity contribution < 1.29 is 30.1 Å². The lowest BCUT2D eigenvalue weighted by molar-refractivity contribution is -0.0509. The Morgan fingerprint density at radius 1 is 1.38 bits per heavy atom. The summed E-state index contributed by atoms with van der Waals surface area (Å²) in [6.45, 7) is -0.491. The number of aliphatic hydroxyl groups excluding tert-OH is 3. The Morgan fingerprint density at radius 2 is 2.08 bits per heavy atom. The highest BCUT2D eigenvalue weighted by molar-refractivity contribution is 6.09. The summed E-state index contributed by atoms with van der Waals surface area (Å²) in [6.07, 6.45) is -2.32. The van der Waals surface area contributed by atoms with Crippen molar-refractivity contribution in [1.29, 1.82) is 0 Å². The first kappa shape index (κ1) is 18.3. The molecule has 3 heterocycles. The Hall–Kier alpha value is -2.02. The third-order valence-corrected chi connectivity index (χ3v) is 3.78. The van der Waals surface area contributed by atoms with E-state index in [4.69, 9.17) is 20.8 Å². The van der Waals surface area contributed by atoms with Gasteiger partial charge in [0.1, 0.15) is 36.1 Å². The Morgan fingerprint density at radius 3 is 2.67 bits per heavy atom. The number of carbonyl (C=O) groups excluding carboxylic acids is 1. The molecule has 24 heavy (non-hydrogen) atoms. The van der Waals surface area contributed by atoms with Crippen LogP contribution in [-0.2, 0) is 4.74 Å². The van der Waals surface area contributed by atoms with Gasteiger partial charge in [-0.05, 0) is 0 Å². The lowest BCUT2D eigenvalue weighted by atomic mass is 10.1. The van der Waals surface area contributed by atoms with E-state index in [-0.39, 0.29) is 34.8 Å². The first-order valence-corrected chi connectivity index (χ1v) is 6.67. The fourth-order valence-electron chi connectivity index (χ4n) is 2.64. The van der Waals surface area contributed by atoms with Crippen molar-refractivity contribution in [3.05, 3.63) is 18.1 Å². The van der Waals surface area contributed by atoms with E-state index in [1.807, 2.05) is 0 Å². The molecule has 1 saturated heterocycles. The van der Waals surface area contributed by atoms with Gasteiger partial charge < -0.3 is 30.4 Å². The number of nitrogens with two attached hydrogens (primary N) is 1. The summed E-state index contributed by atoms with van der Waals surface area (Å²) in [7, 11) is 0. The minimum atomic E-state index is -1.36. The summed E-state index contributed by atoms with van der Waals surface area (Å²) in [5, 5.41) is 38.1. The van der Waals surface area contributed by atoms with Crippen molar-refractivity contribution in [2.45, 2.75) is 24.5 Å². The molecule has 3 rings (SSSR count). The summed E-state index contributed by atoms with van der Waals surface area (Å²) >= 11 is 0. The highest BCUT2D eigenvalue weighted by Gasteiger charge is 2.44. The van der Waals surface area contributed by atoms with E-state index in [2.05, 4.69) is 9.97 Å². The third kappa shape index (κ3) is 2.66. The predicted octanol–water partition coefficient (Wildman–Crippen LogP) is -1.83. The number of nitrogen functional groups attached to an aromatic ring is 1. The van der Waals surface area contributed by atoms with E-state index >= 15 is 0 Å². The zero-order valence-corrected chi connectivity index (χ0v) is 12.9. The number of aliphatic hydroxyl groups is 3. The number of ether oxygens (including phenoxy) is 1. The van der Waals surface area contributed by atoms with Crippen molar-refractivity contribution in [3.63, 3.8) is 0 Å². The second kappa shape index (κ2) is 6.84. The Kier molecular flexibility index (Phi) is 5.22. The van der Waals surface area contributed by atoms with Crippen LogP contribution in [0.2, 0.25) is 0 Å². The molecule has 0 unspecified atom stereocenters. The van der Waals surface area contributed by atoms with Gasteiger partial charge in [-0.1, -0.05) is 0 Å². The van der Waals surface area contributed by atoms with Crippen molar-refractivity contribution in [2.24, 2.45) is 0 Å². The molecule has 4 atom stereocenters. The minimum absolute atomic E-state index is 0. The molecule has 1 aliphatic heterocycles. The van der Waals surface area contributed by atoms with Crippen LogP contribution in [-0.4, -0.2) is 65.9 Å². The molecule has 0 aromatic carbocycles. The quantitative estimate of drug-likeness (QED) is 0.271. The summed E-state index contributed by atoms with van der Waals surface area (Å²) in [5.74, 6) is -0.846. The van der Waals surface area contributed by atoms with Gasteiger partial charge in [0.2, 0.25) is 0 Å². The number of hydrogen-bond acceptors (Lipinski definition) is 9. The fraction of sp³-hybridized carbons (Fsp3) is 0.417. The number of rotatable bonds is 3. The number of carbonyl (C=O) groups is 1. The van der Waals surface area contributed by atoms with Gasteiger partial charge in [-0.15, -0.1) is 12.4 Å². The topological polar surface area (TPSA) is 176 Å². The summed E-state index contributed by atoms with van der Waals surface area (Å²) in [4.78, 5) is 19.6. The van der Waals surface area contributed by atoms with Crippen LogP contribution >= 0.6 is 12.4 Å². The number of nitrogens with one attached hydrogen (secondary N) is 1. The van der Waals surface area contributed by atoms with Crippen molar-refractivity contribution in [2.75, 3.05) is 12.3 Å². The Labute approximate surface area is 141 Å². The van der Waals surface area contributed by atoms with Gasteiger partial charge in [0, 0.05) is 6.20 Å². The van der Waals surface area contributed by atoms with Crippen molar-refractivity contribution in [3.8, 4) is 0 Å². The van der Waals surface area contributed by atoms with Crippen LogP contribution in [0.25, 0.3) is 11.0 Å². The average Bonchev–Trinajstić information content (AvgIpc) is 3.07. The van der Waals surface area contributed by atoms with Crippen LogP contribution in [0.5, 0.6) is 0 Å². The van der Waals surface area contributed by atoms with E-state index < -0.39 is 37.1 Å². The van der Waals surface area contributed by atoms with Crippen molar-refractivity contribution >= 4 is 35.2 Å². The highest BCUT2D eigenvalue weighted by Crippen LogP contribution is 2.34. The van der Waals surface area contributed by atoms with E-state index in [1.165, 1.54) is 16.2 Å². The SMILES string of the molecule is Cl.Nc1ncnc2c1c(C(=O)NO)cn2[C@@H]1O[C@H](CO)[C@@H](O)[C@H]1O. The van der Waals surface area contributed by atoms with Gasteiger partial charge in [-0.2, -0.15) is 0 Å². The second-order valence-corrected chi connectivity index (χ2v) is 5.08. The molecule has 7 N–H and O–H groups in total. The Bertz CT molecular complexity index is 755. The van der Waals surface area contributed by atoms with E-state index in [0.29, 0.717) is 0 Å². The van der Waals surface area contributed by atoms with Crippen molar-refractivity contribution in [1.82, 2.24) is 20.0 Å². The first-order valence-electron chi connectivity index (χ1n) is 6.67. The van der Waals surface area contributed by atoms with Gasteiger partial charge in [-0.3, -0.25) is 10.0 Å². The van der Waals surface area contributed by atoms with Gasteiger partial charge in [0.15, 0.2) is 6.23 Å². The molecule has 11 nitrogen and oxygen atoms in total. The monoisotopic (exact) mass is 361 g/mol. The third-order valence-electron chi connectivity index (χ3n) is 3.78. The van der Waals surface area contributed by atoms with Gasteiger partial charge in [0.25, 0.3) is 5.91 Å². The zero-order valence-electron chi connectivity index (χ0n) is 12.1. The molecule has 2 aromatic heterocycles. The number of fused-ring (bicyclic) bond motifs is 1. The number of nitrogens with zero attached hydrogens (tertiary/aromatic N) is 3. The molecule has 0 radical (unpaired) electrons. The lowest BCUT2D eigenvalue weighted by Crippen LogP contribution is -2.33. The number of anilines is 1. The lowest BCUT2D eigenvalue weighted by Gasteiger charge is -2.17. The molecule has 1 amide bonds. The number of amides is 1. The fourth-order valence-corrected chi connectivity index (χ4v) is 2.64. The highest BCUT2D eigenvalue weighted by atomic mass is 35.5. The molecule has 2 aromatic rings. The maximum atomic E-state index is 11.8. The number of hydrogen-bond donors (Lipinski definition) is 6. The van der Waals surface area contributed by atoms with E-state index in [1.54, 1.807) is 0 Å². The maximum absolute atomic E-state index is 11.8. The summed E-state index contributed by atoms with van der Waals surface area (Å²) in [5.41, 5.74) is 7.39. The standard InChI is InChI=1S/C12H15N5O6.ClH/c13-9-6-4(11(21)16-22)1-17(10(6)15-3-14-9)12-8(20)7(19)5(2-18)23-12;/h1,3,5,7-8,12,18-20,22H,2H2,(H,16,21)(H2,13,14,15);1H/t5-,7-,8-,12-;/m1./s1. The molecule has 132 valence electrons. The first-order chi connectivity index (χ1) is 11.0. The van der Waals surface area contributed by atoms with Crippen LogP contribution in [0.4, 0.5) is 5.82 Å². The largest absolute Gasteiger partial charge is 0.394 e. The molecule has 1 fully saturated rings. The molecule has 0 aliphatic carbocycles. The predicted molar refractivity (Wildman–Crippen MR) is 81.5 cm³/mol. The molecular formula is C12H16ClN5O6. The maximum Gasteiger partial charge on any atom is 0.277 e. The summed E-state index contributed by atoms with van der Waals surface area (Å²) in [6, 6.07) is 0. The number of hydroxylamine groups is 1. The second-order valence-electron chi connectivity index (χ2n) is 5.08.